The highest BCUT2D eigenvalue weighted by Gasteiger charge is 2.22. The first kappa shape index (κ1) is 25.4. The molecule has 0 amide bonds. The first-order valence-corrected chi connectivity index (χ1v) is 13.1. The quantitative estimate of drug-likeness (QED) is 0.453. The van der Waals surface area contributed by atoms with Crippen LogP contribution in [0.4, 0.5) is 5.69 Å². The van der Waals surface area contributed by atoms with Gasteiger partial charge in [-0.3, -0.25) is 0 Å². The Labute approximate surface area is 211 Å². The van der Waals surface area contributed by atoms with Crippen LogP contribution in [0, 0.1) is 0 Å². The minimum absolute atomic E-state index is 0.238. The molecule has 0 atom stereocenters. The van der Waals surface area contributed by atoms with Crippen molar-refractivity contribution in [2.24, 2.45) is 0 Å². The Kier molecular flexibility index (Phi) is 7.91. The third-order valence-corrected chi connectivity index (χ3v) is 8.18. The molecule has 0 N–H and O–H groups in total. The van der Waals surface area contributed by atoms with Crippen LogP contribution < -0.4 is 9.64 Å². The van der Waals surface area contributed by atoms with Gasteiger partial charge in [-0.1, -0.05) is 35.9 Å². The van der Waals surface area contributed by atoms with Crippen LogP contribution in [0.25, 0.3) is 0 Å². The summed E-state index contributed by atoms with van der Waals surface area (Å²) < 4.78 is 37.9. The maximum atomic E-state index is 12.8. The molecule has 0 bridgehead atoms. The number of aromatic nitrogens is 2. The van der Waals surface area contributed by atoms with Crippen molar-refractivity contribution >= 4 is 27.3 Å². The number of ether oxygens (including phenoxy) is 2. The molecule has 3 aromatic rings. The molecule has 1 fully saturated rings. The second-order valence-electron chi connectivity index (χ2n) is 8.43. The van der Waals surface area contributed by atoms with Crippen molar-refractivity contribution < 1.29 is 17.9 Å². The van der Waals surface area contributed by atoms with Gasteiger partial charge in [0.1, 0.15) is 11.6 Å². The maximum absolute atomic E-state index is 12.8. The number of methoxy groups -OCH3 is 1. The summed E-state index contributed by atoms with van der Waals surface area (Å²) in [5.41, 5.74) is 3.24. The minimum Gasteiger partial charge on any atom is -0.496 e. The number of benzene rings is 2. The van der Waals surface area contributed by atoms with E-state index in [2.05, 4.69) is 20.9 Å². The van der Waals surface area contributed by atoms with Gasteiger partial charge < -0.3 is 14.4 Å². The third kappa shape index (κ3) is 5.75. The number of anilines is 1. The number of halogens is 1. The van der Waals surface area contributed by atoms with Crippen LogP contribution in [0.2, 0.25) is 5.02 Å². The molecule has 35 heavy (non-hydrogen) atoms. The zero-order valence-electron chi connectivity index (χ0n) is 20.1. The molecular weight excluding hydrogens is 488 g/mol. The highest BCUT2D eigenvalue weighted by atomic mass is 35.5. The van der Waals surface area contributed by atoms with Crippen molar-refractivity contribution in [1.29, 1.82) is 0 Å². The predicted molar refractivity (Wildman–Crippen MR) is 136 cm³/mol. The van der Waals surface area contributed by atoms with E-state index in [1.807, 2.05) is 12.1 Å². The molecule has 10 heteroatoms. The van der Waals surface area contributed by atoms with E-state index in [1.165, 1.54) is 18.4 Å². The van der Waals surface area contributed by atoms with E-state index in [1.54, 1.807) is 37.6 Å². The lowest BCUT2D eigenvalue weighted by Gasteiger charge is -2.29. The molecule has 1 aromatic heterocycles. The first-order chi connectivity index (χ1) is 16.8. The number of morpholine rings is 1. The van der Waals surface area contributed by atoms with E-state index in [4.69, 9.17) is 21.1 Å². The number of hydrogen-bond donors (Lipinski definition) is 0. The summed E-state index contributed by atoms with van der Waals surface area (Å²) in [7, 11) is 1.07. The van der Waals surface area contributed by atoms with E-state index in [-0.39, 0.29) is 11.3 Å². The topological polar surface area (TPSA) is 84.9 Å². The third-order valence-electron chi connectivity index (χ3n) is 5.95. The summed E-state index contributed by atoms with van der Waals surface area (Å²) in [6.45, 7) is 3.11. The predicted octanol–water partition coefficient (Wildman–Crippen LogP) is 3.41. The average Bonchev–Trinajstić information content (AvgIpc) is 2.87. The highest BCUT2D eigenvalue weighted by Crippen LogP contribution is 2.29. The van der Waals surface area contributed by atoms with E-state index in [9.17, 15) is 8.42 Å². The lowest BCUT2D eigenvalue weighted by molar-refractivity contribution is 0.122. The Hall–Kier alpha value is -2.72. The fourth-order valence-electron chi connectivity index (χ4n) is 4.00. The lowest BCUT2D eigenvalue weighted by Crippen LogP contribution is -2.36. The lowest BCUT2D eigenvalue weighted by atomic mass is 10.1. The molecule has 2 heterocycles. The van der Waals surface area contributed by atoms with Crippen LogP contribution >= 0.6 is 11.6 Å². The molecule has 1 aliphatic heterocycles. The summed E-state index contributed by atoms with van der Waals surface area (Å²) in [6, 6.07) is 13.0. The second kappa shape index (κ2) is 10.9. The summed E-state index contributed by atoms with van der Waals surface area (Å²) in [4.78, 5) is 11.6. The Bertz CT molecular complexity index is 1290. The van der Waals surface area contributed by atoms with Crippen LogP contribution in [0.3, 0.4) is 0 Å². The van der Waals surface area contributed by atoms with Gasteiger partial charge in [-0.05, 0) is 17.7 Å². The molecule has 186 valence electrons. The Morgan fingerprint density at radius 3 is 2.54 bits per heavy atom. The van der Waals surface area contributed by atoms with Crippen molar-refractivity contribution in [3.8, 4) is 5.75 Å². The minimum atomic E-state index is -3.60. The Balaban J connectivity index is 1.60. The van der Waals surface area contributed by atoms with E-state index >= 15 is 0 Å². The van der Waals surface area contributed by atoms with Gasteiger partial charge in [-0.25, -0.2) is 22.7 Å². The van der Waals surface area contributed by atoms with Gasteiger partial charge in [-0.2, -0.15) is 0 Å². The van der Waals surface area contributed by atoms with Crippen LogP contribution in [-0.2, 0) is 27.6 Å². The fourth-order valence-corrected chi connectivity index (χ4v) is 5.27. The molecule has 8 nitrogen and oxygen atoms in total. The van der Waals surface area contributed by atoms with Crippen molar-refractivity contribution in [1.82, 2.24) is 14.3 Å². The summed E-state index contributed by atoms with van der Waals surface area (Å²) in [5, 5.41) is 0.389. The van der Waals surface area contributed by atoms with Gasteiger partial charge in [0.05, 0.1) is 35.9 Å². The Morgan fingerprint density at radius 1 is 1.09 bits per heavy atom. The van der Waals surface area contributed by atoms with Crippen molar-refractivity contribution in [2.45, 2.75) is 17.7 Å². The van der Waals surface area contributed by atoms with E-state index in [0.717, 1.165) is 30.1 Å². The van der Waals surface area contributed by atoms with Gasteiger partial charge in [-0.15, -0.1) is 0 Å². The SMILES string of the molecule is COc1cc(N2CCOCC2)ccc1Cc1ncc(Cl)c(Cc2ccccc2S(=O)(=O)N(C)C)n1. The monoisotopic (exact) mass is 516 g/mol. The molecule has 0 aliphatic carbocycles. The molecule has 0 spiro atoms. The molecule has 0 radical (unpaired) electrons. The van der Waals surface area contributed by atoms with E-state index < -0.39 is 10.0 Å². The van der Waals surface area contributed by atoms with Crippen LogP contribution in [-0.4, -0.2) is 70.2 Å². The standard InChI is InChI=1S/C25H29ClN4O4S/c1-29(2)35(31,32)24-7-5-4-6-19(24)14-22-21(26)17-27-25(28-22)15-18-8-9-20(16-23(18)33-3)30-10-12-34-13-11-30/h4-9,16-17H,10-15H2,1-3H3. The largest absolute Gasteiger partial charge is 0.496 e. The number of nitrogens with zero attached hydrogens (tertiary/aromatic N) is 4. The zero-order valence-corrected chi connectivity index (χ0v) is 21.6. The van der Waals surface area contributed by atoms with Crippen LogP contribution in [0.5, 0.6) is 5.75 Å². The molecule has 1 saturated heterocycles. The zero-order chi connectivity index (χ0) is 25.0. The summed E-state index contributed by atoms with van der Waals surface area (Å²) in [6.07, 6.45) is 2.29. The van der Waals surface area contributed by atoms with Gasteiger partial charge >= 0.3 is 0 Å². The fraction of sp³-hybridized carbons (Fsp3) is 0.360. The van der Waals surface area contributed by atoms with Gasteiger partial charge in [0.25, 0.3) is 0 Å². The number of hydrogen-bond acceptors (Lipinski definition) is 7. The van der Waals surface area contributed by atoms with Crippen molar-refractivity contribution in [2.75, 3.05) is 52.4 Å². The normalized spacial score (nSPS) is 14.4. The van der Waals surface area contributed by atoms with E-state index in [0.29, 0.717) is 41.7 Å². The highest BCUT2D eigenvalue weighted by molar-refractivity contribution is 7.89. The molecule has 0 unspecified atom stereocenters. The number of sulfonamides is 1. The van der Waals surface area contributed by atoms with Gasteiger partial charge in [0.2, 0.25) is 10.0 Å². The smallest absolute Gasteiger partial charge is 0.242 e. The molecular formula is C25H29ClN4O4S. The van der Waals surface area contributed by atoms with Gasteiger partial charge in [0, 0.05) is 63.5 Å². The van der Waals surface area contributed by atoms with Gasteiger partial charge in [0.15, 0.2) is 0 Å². The molecule has 0 saturated carbocycles. The summed E-state index contributed by atoms with van der Waals surface area (Å²) >= 11 is 6.42. The van der Waals surface area contributed by atoms with Crippen molar-refractivity contribution in [3.63, 3.8) is 0 Å². The van der Waals surface area contributed by atoms with Crippen LogP contribution in [0.15, 0.2) is 53.6 Å². The number of rotatable bonds is 8. The molecule has 4 rings (SSSR count). The molecule has 1 aliphatic rings. The second-order valence-corrected chi connectivity index (χ2v) is 11.0. The summed E-state index contributed by atoms with van der Waals surface area (Å²) in [5.74, 6) is 1.34. The Morgan fingerprint density at radius 2 is 1.83 bits per heavy atom. The average molecular weight is 517 g/mol. The maximum Gasteiger partial charge on any atom is 0.242 e. The van der Waals surface area contributed by atoms with Crippen LogP contribution in [0.1, 0.15) is 22.6 Å². The molecule has 2 aromatic carbocycles. The van der Waals surface area contributed by atoms with Crippen molar-refractivity contribution in [3.05, 3.63) is 76.3 Å². The first-order valence-electron chi connectivity index (χ1n) is 11.3.